The molecule has 0 amide bonds. The zero-order valence-electron chi connectivity index (χ0n) is 7.44. The lowest BCUT2D eigenvalue weighted by Gasteiger charge is -2.05. The molecule has 1 atom stereocenters. The highest BCUT2D eigenvalue weighted by atomic mass is 32.2. The van der Waals surface area contributed by atoms with Crippen LogP contribution in [0.1, 0.15) is 5.56 Å². The van der Waals surface area contributed by atoms with E-state index in [1.807, 2.05) is 18.2 Å². The number of rotatable bonds is 5. The molecule has 1 aromatic rings. The van der Waals surface area contributed by atoms with Gasteiger partial charge < -0.3 is 5.11 Å². The normalized spacial score (nSPS) is 12.8. The van der Waals surface area contributed by atoms with Crippen LogP contribution in [0.3, 0.4) is 0 Å². The highest BCUT2D eigenvalue weighted by molar-refractivity contribution is 7.98. The summed E-state index contributed by atoms with van der Waals surface area (Å²) in [7, 11) is 0. The smallest absolute Gasteiger partial charge is 0.0606 e. The molecule has 0 saturated heterocycles. The lowest BCUT2D eigenvalue weighted by molar-refractivity contribution is 0.272. The molecule has 0 aliphatic heterocycles. The molecule has 71 valence electrons. The molecule has 13 heavy (non-hydrogen) atoms. The summed E-state index contributed by atoms with van der Waals surface area (Å²) in [6, 6.07) is 9.83. The van der Waals surface area contributed by atoms with Gasteiger partial charge in [-0.25, -0.2) is 0 Å². The Bertz CT molecular complexity index is 228. The molecule has 1 unspecified atom stereocenters. The number of hydrogen-bond donors (Lipinski definition) is 1. The summed E-state index contributed by atoms with van der Waals surface area (Å²) in [5.74, 6) is 1.63. The van der Waals surface area contributed by atoms with Crippen LogP contribution in [0.5, 0.6) is 0 Å². The van der Waals surface area contributed by atoms with E-state index in [0.717, 1.165) is 5.75 Å². The first-order valence-electron chi connectivity index (χ1n) is 4.26. The Morgan fingerprint density at radius 3 is 2.62 bits per heavy atom. The van der Waals surface area contributed by atoms with Crippen molar-refractivity contribution in [3.8, 4) is 0 Å². The standard InChI is InChI=1S/C10H14NOS/c11-10(6-12)8-13-7-9-4-2-1-3-5-9/h1-5,10-12H,6-8H2. The van der Waals surface area contributed by atoms with Gasteiger partial charge in [-0.2, -0.15) is 11.8 Å². The molecule has 1 rings (SSSR count). The van der Waals surface area contributed by atoms with Gasteiger partial charge in [0.05, 0.1) is 12.6 Å². The minimum atomic E-state index is -0.339. The lowest BCUT2D eigenvalue weighted by Crippen LogP contribution is -2.17. The zero-order chi connectivity index (χ0) is 9.52. The van der Waals surface area contributed by atoms with Crippen molar-refractivity contribution in [2.75, 3.05) is 12.4 Å². The van der Waals surface area contributed by atoms with Gasteiger partial charge in [-0.1, -0.05) is 30.3 Å². The predicted octanol–water partition coefficient (Wildman–Crippen LogP) is 1.56. The van der Waals surface area contributed by atoms with Crippen LogP contribution in [0.4, 0.5) is 0 Å². The lowest BCUT2D eigenvalue weighted by atomic mass is 10.2. The largest absolute Gasteiger partial charge is 0.395 e. The molecule has 0 fully saturated rings. The number of aliphatic hydroxyl groups is 1. The van der Waals surface area contributed by atoms with Gasteiger partial charge in [0.2, 0.25) is 0 Å². The summed E-state index contributed by atoms with van der Waals surface area (Å²) in [5, 5.41) is 8.63. The van der Waals surface area contributed by atoms with Crippen molar-refractivity contribution in [1.82, 2.24) is 5.73 Å². The Kier molecular flexibility index (Phi) is 4.90. The molecule has 2 N–H and O–H groups in total. The van der Waals surface area contributed by atoms with Crippen molar-refractivity contribution in [2.45, 2.75) is 11.8 Å². The third-order valence-electron chi connectivity index (χ3n) is 1.65. The van der Waals surface area contributed by atoms with Crippen molar-refractivity contribution in [2.24, 2.45) is 0 Å². The highest BCUT2D eigenvalue weighted by Gasteiger charge is 2.00. The Hall–Kier alpha value is -0.510. The van der Waals surface area contributed by atoms with Crippen molar-refractivity contribution in [1.29, 1.82) is 0 Å². The fraction of sp³-hybridized carbons (Fsp3) is 0.400. The maximum absolute atomic E-state index is 8.63. The quantitative estimate of drug-likeness (QED) is 0.776. The van der Waals surface area contributed by atoms with E-state index in [0.29, 0.717) is 5.75 Å². The Balaban J connectivity index is 2.20. The first-order valence-corrected chi connectivity index (χ1v) is 5.42. The highest BCUT2D eigenvalue weighted by Crippen LogP contribution is 2.12. The van der Waals surface area contributed by atoms with E-state index in [-0.39, 0.29) is 12.6 Å². The third-order valence-corrected chi connectivity index (χ3v) is 2.83. The maximum Gasteiger partial charge on any atom is 0.0606 e. The molecule has 0 bridgehead atoms. The Morgan fingerprint density at radius 2 is 2.00 bits per heavy atom. The third kappa shape index (κ3) is 4.31. The van der Waals surface area contributed by atoms with Gasteiger partial charge in [0.1, 0.15) is 0 Å². The van der Waals surface area contributed by atoms with Crippen LogP contribution in [0.2, 0.25) is 0 Å². The molecule has 0 heterocycles. The monoisotopic (exact) mass is 196 g/mol. The topological polar surface area (TPSA) is 44.0 Å². The molecule has 0 aromatic heterocycles. The minimum absolute atomic E-state index is 0.0399. The molecule has 1 radical (unpaired) electrons. The van der Waals surface area contributed by atoms with Gasteiger partial charge in [0, 0.05) is 11.5 Å². The summed E-state index contributed by atoms with van der Waals surface area (Å²) >= 11 is 1.69. The van der Waals surface area contributed by atoms with E-state index in [1.165, 1.54) is 5.56 Å². The molecular formula is C10H14NOS. The summed E-state index contributed by atoms with van der Waals surface area (Å²) in [6.07, 6.45) is 0. The average molecular weight is 196 g/mol. The number of nitrogens with one attached hydrogen (secondary N) is 1. The minimum Gasteiger partial charge on any atom is -0.395 e. The molecule has 3 heteroatoms. The van der Waals surface area contributed by atoms with E-state index in [4.69, 9.17) is 10.8 Å². The zero-order valence-corrected chi connectivity index (χ0v) is 8.26. The van der Waals surface area contributed by atoms with Gasteiger partial charge in [-0.15, -0.1) is 0 Å². The fourth-order valence-corrected chi connectivity index (χ4v) is 1.88. The van der Waals surface area contributed by atoms with Gasteiger partial charge in [0.25, 0.3) is 0 Å². The number of benzene rings is 1. The molecule has 0 aliphatic rings. The maximum atomic E-state index is 8.63. The Labute approximate surface area is 83.1 Å². The van der Waals surface area contributed by atoms with Crippen molar-refractivity contribution in [3.05, 3.63) is 35.9 Å². The molecule has 1 aromatic carbocycles. The SMILES string of the molecule is [NH]C(CO)CSCc1ccccc1. The first-order chi connectivity index (χ1) is 6.33. The molecule has 2 nitrogen and oxygen atoms in total. The van der Waals surface area contributed by atoms with Crippen LogP contribution >= 0.6 is 11.8 Å². The van der Waals surface area contributed by atoms with E-state index in [9.17, 15) is 0 Å². The first kappa shape index (κ1) is 10.6. The van der Waals surface area contributed by atoms with Crippen LogP contribution in [0.15, 0.2) is 30.3 Å². The van der Waals surface area contributed by atoms with Crippen LogP contribution in [-0.4, -0.2) is 23.5 Å². The van der Waals surface area contributed by atoms with Gasteiger partial charge in [0.15, 0.2) is 0 Å². The van der Waals surface area contributed by atoms with Crippen LogP contribution in [0.25, 0.3) is 0 Å². The van der Waals surface area contributed by atoms with Crippen molar-refractivity contribution >= 4 is 11.8 Å². The van der Waals surface area contributed by atoms with E-state index >= 15 is 0 Å². The van der Waals surface area contributed by atoms with E-state index < -0.39 is 0 Å². The van der Waals surface area contributed by atoms with E-state index in [1.54, 1.807) is 11.8 Å². The molecular weight excluding hydrogens is 182 g/mol. The Morgan fingerprint density at radius 1 is 1.31 bits per heavy atom. The van der Waals surface area contributed by atoms with Crippen LogP contribution in [-0.2, 0) is 5.75 Å². The van der Waals surface area contributed by atoms with Gasteiger partial charge in [-0.3, -0.25) is 5.73 Å². The molecule has 0 aliphatic carbocycles. The second-order valence-corrected chi connectivity index (χ2v) is 3.91. The summed E-state index contributed by atoms with van der Waals surface area (Å²) < 4.78 is 0. The van der Waals surface area contributed by atoms with Crippen LogP contribution < -0.4 is 5.73 Å². The average Bonchev–Trinajstić information content (AvgIpc) is 2.19. The van der Waals surface area contributed by atoms with Gasteiger partial charge >= 0.3 is 0 Å². The summed E-state index contributed by atoms with van der Waals surface area (Å²) in [6.45, 7) is -0.0399. The second-order valence-electron chi connectivity index (χ2n) is 2.88. The predicted molar refractivity (Wildman–Crippen MR) is 56.6 cm³/mol. The van der Waals surface area contributed by atoms with Crippen molar-refractivity contribution in [3.63, 3.8) is 0 Å². The second kappa shape index (κ2) is 6.02. The molecule has 0 saturated carbocycles. The molecule has 0 spiro atoms. The van der Waals surface area contributed by atoms with E-state index in [2.05, 4.69) is 12.1 Å². The number of aliphatic hydroxyl groups excluding tert-OH is 1. The number of thioether (sulfide) groups is 1. The summed E-state index contributed by atoms with van der Waals surface area (Å²) in [4.78, 5) is 0. The fourth-order valence-electron chi connectivity index (χ4n) is 0.946. The summed E-state index contributed by atoms with van der Waals surface area (Å²) in [5.41, 5.74) is 8.59. The van der Waals surface area contributed by atoms with Crippen LogP contribution in [0, 0.1) is 0 Å². The number of hydrogen-bond acceptors (Lipinski definition) is 2. The van der Waals surface area contributed by atoms with Gasteiger partial charge in [-0.05, 0) is 5.56 Å². The van der Waals surface area contributed by atoms with Crippen molar-refractivity contribution < 1.29 is 5.11 Å².